The van der Waals surface area contributed by atoms with Gasteiger partial charge in [-0.1, -0.05) is 24.4 Å². The van der Waals surface area contributed by atoms with E-state index in [9.17, 15) is 9.18 Å². The van der Waals surface area contributed by atoms with Crippen molar-refractivity contribution in [3.8, 4) is 0 Å². The second-order valence-corrected chi connectivity index (χ2v) is 4.70. The van der Waals surface area contributed by atoms with Gasteiger partial charge in [0.15, 0.2) is 0 Å². The maximum atomic E-state index is 12.9. The molecule has 2 aromatic rings. The van der Waals surface area contributed by atoms with Crippen LogP contribution < -0.4 is 5.32 Å². The van der Waals surface area contributed by atoms with E-state index in [1.54, 1.807) is 0 Å². The average molecular weight is 266 g/mol. The number of carbonyl (C=O) groups excluding carboxylic acids is 1. The Morgan fingerprint density at radius 3 is 2.89 bits per heavy atom. The molecule has 18 heavy (non-hydrogen) atoms. The number of nitrogens with zero attached hydrogens (tertiary/aromatic N) is 3. The van der Waals surface area contributed by atoms with Gasteiger partial charge in [0.05, 0.1) is 5.69 Å². The summed E-state index contributed by atoms with van der Waals surface area (Å²) < 4.78 is 16.6. The second-order valence-electron chi connectivity index (χ2n) is 3.94. The molecule has 2 rings (SSSR count). The molecule has 0 aliphatic heterocycles. The Morgan fingerprint density at radius 2 is 2.22 bits per heavy atom. The van der Waals surface area contributed by atoms with Crippen molar-refractivity contribution in [3.05, 3.63) is 34.7 Å². The summed E-state index contributed by atoms with van der Waals surface area (Å²) in [5.74, 6) is -0.737. The zero-order valence-electron chi connectivity index (χ0n) is 9.85. The maximum absolute atomic E-state index is 12.9. The van der Waals surface area contributed by atoms with Crippen LogP contribution in [0.4, 0.5) is 10.2 Å². The molecule has 2 aromatic heterocycles. The number of amides is 1. The first-order valence-corrected chi connectivity index (χ1v) is 6.11. The van der Waals surface area contributed by atoms with E-state index in [0.717, 1.165) is 11.5 Å². The number of aromatic nitrogens is 3. The van der Waals surface area contributed by atoms with Crippen LogP contribution in [0.3, 0.4) is 0 Å². The second kappa shape index (κ2) is 5.18. The number of carbonyl (C=O) groups is 1. The van der Waals surface area contributed by atoms with Gasteiger partial charge < -0.3 is 5.32 Å². The normalized spacial score (nSPS) is 10.7. The summed E-state index contributed by atoms with van der Waals surface area (Å²) in [5.41, 5.74) is 0.633. The van der Waals surface area contributed by atoms with Gasteiger partial charge in [0, 0.05) is 0 Å². The quantitative estimate of drug-likeness (QED) is 0.866. The molecule has 1 N–H and O–H groups in total. The molecule has 0 spiro atoms. The van der Waals surface area contributed by atoms with Gasteiger partial charge in [-0.3, -0.25) is 4.79 Å². The summed E-state index contributed by atoms with van der Waals surface area (Å²) in [6, 6.07) is 4.21. The number of anilines is 1. The van der Waals surface area contributed by atoms with E-state index in [1.807, 2.05) is 13.8 Å². The third-order valence-electron chi connectivity index (χ3n) is 2.22. The Morgan fingerprint density at radius 1 is 1.44 bits per heavy atom. The molecule has 0 saturated carbocycles. The van der Waals surface area contributed by atoms with Gasteiger partial charge in [0.2, 0.25) is 5.95 Å². The summed E-state index contributed by atoms with van der Waals surface area (Å²) >= 11 is 1.01. The van der Waals surface area contributed by atoms with Gasteiger partial charge in [-0.15, -0.1) is 5.10 Å². The van der Waals surface area contributed by atoms with Gasteiger partial charge in [-0.2, -0.15) is 4.39 Å². The van der Waals surface area contributed by atoms with Crippen LogP contribution in [0.1, 0.15) is 35.1 Å². The lowest BCUT2D eigenvalue weighted by Crippen LogP contribution is -2.14. The number of nitrogens with one attached hydrogen (secondary N) is 1. The van der Waals surface area contributed by atoms with Crippen molar-refractivity contribution >= 4 is 23.3 Å². The molecule has 2 heterocycles. The Labute approximate surface area is 107 Å². The lowest BCUT2D eigenvalue weighted by Gasteiger charge is -2.05. The summed E-state index contributed by atoms with van der Waals surface area (Å²) in [7, 11) is 0. The Bertz CT molecular complexity index is 570. The van der Waals surface area contributed by atoms with Gasteiger partial charge in [-0.05, 0) is 29.6 Å². The van der Waals surface area contributed by atoms with Crippen LogP contribution in [-0.4, -0.2) is 20.5 Å². The van der Waals surface area contributed by atoms with Gasteiger partial charge in [0.1, 0.15) is 10.7 Å². The van der Waals surface area contributed by atoms with Crippen LogP contribution in [-0.2, 0) is 0 Å². The van der Waals surface area contributed by atoms with Crippen molar-refractivity contribution in [1.29, 1.82) is 0 Å². The molecule has 1 amide bonds. The number of rotatable bonds is 3. The van der Waals surface area contributed by atoms with Crippen LogP contribution >= 0.6 is 11.5 Å². The highest BCUT2D eigenvalue weighted by Crippen LogP contribution is 2.20. The summed E-state index contributed by atoms with van der Waals surface area (Å²) in [5, 5.41) is 6.43. The average Bonchev–Trinajstić information content (AvgIpc) is 2.77. The highest BCUT2D eigenvalue weighted by molar-refractivity contribution is 7.08. The fourth-order valence-electron chi connectivity index (χ4n) is 1.38. The molecule has 0 aliphatic carbocycles. The number of hydrogen-bond acceptors (Lipinski definition) is 5. The van der Waals surface area contributed by atoms with Crippen molar-refractivity contribution in [2.45, 2.75) is 19.8 Å². The maximum Gasteiger partial charge on any atom is 0.270 e. The SMILES string of the molecule is CC(C)c1nnsc1C(=O)Nc1cccc(F)n1. The van der Waals surface area contributed by atoms with Crippen molar-refractivity contribution in [2.24, 2.45) is 0 Å². The number of pyridine rings is 1. The smallest absolute Gasteiger partial charge is 0.270 e. The summed E-state index contributed by atoms with van der Waals surface area (Å²) in [6.45, 7) is 3.85. The van der Waals surface area contributed by atoms with E-state index in [4.69, 9.17) is 0 Å². The van der Waals surface area contributed by atoms with Crippen LogP contribution in [0.5, 0.6) is 0 Å². The number of hydrogen-bond donors (Lipinski definition) is 1. The monoisotopic (exact) mass is 266 g/mol. The van der Waals surface area contributed by atoms with E-state index in [1.165, 1.54) is 18.2 Å². The number of halogens is 1. The molecule has 0 radical (unpaired) electrons. The minimum atomic E-state index is -0.640. The molecule has 0 saturated heterocycles. The third kappa shape index (κ3) is 2.67. The zero-order valence-corrected chi connectivity index (χ0v) is 10.7. The van der Waals surface area contributed by atoms with Gasteiger partial charge in [-0.25, -0.2) is 4.98 Å². The molecule has 7 heteroatoms. The molecular formula is C11H11FN4OS. The predicted molar refractivity (Wildman–Crippen MR) is 66.1 cm³/mol. The largest absolute Gasteiger partial charge is 0.306 e. The molecule has 94 valence electrons. The Hall–Kier alpha value is -1.89. The molecule has 5 nitrogen and oxygen atoms in total. The minimum absolute atomic E-state index is 0.102. The molecule has 0 aromatic carbocycles. The fourth-order valence-corrected chi connectivity index (χ4v) is 2.10. The zero-order chi connectivity index (χ0) is 13.1. The first kappa shape index (κ1) is 12.6. The van der Waals surface area contributed by atoms with Crippen LogP contribution in [0.15, 0.2) is 18.2 Å². The van der Waals surface area contributed by atoms with Crippen LogP contribution in [0.25, 0.3) is 0 Å². The summed E-state index contributed by atoms with van der Waals surface area (Å²) in [6.07, 6.45) is 0. The Kier molecular flexibility index (Phi) is 3.61. The lowest BCUT2D eigenvalue weighted by molar-refractivity contribution is 0.102. The van der Waals surface area contributed by atoms with Crippen LogP contribution in [0, 0.1) is 5.95 Å². The summed E-state index contributed by atoms with van der Waals surface area (Å²) in [4.78, 5) is 16.0. The molecule has 0 fully saturated rings. The molecular weight excluding hydrogens is 255 g/mol. The van der Waals surface area contributed by atoms with Gasteiger partial charge >= 0.3 is 0 Å². The van der Waals surface area contributed by atoms with Crippen LogP contribution in [0.2, 0.25) is 0 Å². The van der Waals surface area contributed by atoms with Crippen molar-refractivity contribution in [3.63, 3.8) is 0 Å². The lowest BCUT2D eigenvalue weighted by atomic mass is 10.1. The first-order chi connectivity index (χ1) is 8.58. The van der Waals surface area contributed by atoms with E-state index < -0.39 is 5.95 Å². The van der Waals surface area contributed by atoms with E-state index in [-0.39, 0.29) is 17.6 Å². The predicted octanol–water partition coefficient (Wildman–Crippen LogP) is 2.45. The minimum Gasteiger partial charge on any atom is -0.306 e. The molecule has 0 aliphatic rings. The fraction of sp³-hybridized carbons (Fsp3) is 0.273. The van der Waals surface area contributed by atoms with E-state index >= 15 is 0 Å². The van der Waals surface area contributed by atoms with Crippen molar-refractivity contribution in [2.75, 3.05) is 5.32 Å². The molecule has 0 unspecified atom stereocenters. The topological polar surface area (TPSA) is 67.8 Å². The highest BCUT2D eigenvalue weighted by Gasteiger charge is 2.19. The highest BCUT2D eigenvalue weighted by atomic mass is 32.1. The molecule has 0 atom stereocenters. The third-order valence-corrected chi connectivity index (χ3v) is 2.96. The standard InChI is InChI=1S/C11H11FN4OS/c1-6(2)9-10(18-16-15-9)11(17)14-8-5-3-4-7(12)13-8/h3-6H,1-2H3,(H,13,14,17). The van der Waals surface area contributed by atoms with Crippen molar-refractivity contribution < 1.29 is 9.18 Å². The molecule has 0 bridgehead atoms. The van der Waals surface area contributed by atoms with E-state index in [0.29, 0.717) is 10.6 Å². The van der Waals surface area contributed by atoms with E-state index in [2.05, 4.69) is 19.9 Å². The van der Waals surface area contributed by atoms with Gasteiger partial charge in [0.25, 0.3) is 5.91 Å². The first-order valence-electron chi connectivity index (χ1n) is 5.34. The van der Waals surface area contributed by atoms with Crippen molar-refractivity contribution in [1.82, 2.24) is 14.6 Å². The Balaban J connectivity index is 2.20.